The summed E-state index contributed by atoms with van der Waals surface area (Å²) in [5, 5.41) is 0. The standard InChI is InChI=1S/C18H24N2/c1-11-7-15(8-12(2)17(11)19)16-9-13(3)18(20(5)6)14(4)10-16/h7-10H,19H2,1-6H3. The molecule has 0 saturated heterocycles. The highest BCUT2D eigenvalue weighted by molar-refractivity contribution is 5.74. The predicted octanol–water partition coefficient (Wildman–Crippen LogP) is 4.24. The van der Waals surface area contributed by atoms with Crippen LogP contribution in [0.1, 0.15) is 22.3 Å². The fourth-order valence-electron chi connectivity index (χ4n) is 2.97. The zero-order valence-corrected chi connectivity index (χ0v) is 13.3. The highest BCUT2D eigenvalue weighted by Gasteiger charge is 2.10. The highest BCUT2D eigenvalue weighted by Crippen LogP contribution is 2.32. The fraction of sp³-hybridized carbons (Fsp3) is 0.333. The number of nitrogens with two attached hydrogens (primary N) is 1. The maximum absolute atomic E-state index is 6.05. The Morgan fingerprint density at radius 1 is 0.700 bits per heavy atom. The molecular formula is C18H24N2. The molecule has 0 amide bonds. The fourth-order valence-corrected chi connectivity index (χ4v) is 2.97. The smallest absolute Gasteiger partial charge is 0.0420 e. The van der Waals surface area contributed by atoms with Gasteiger partial charge >= 0.3 is 0 Å². The van der Waals surface area contributed by atoms with E-state index in [9.17, 15) is 0 Å². The topological polar surface area (TPSA) is 29.3 Å². The van der Waals surface area contributed by atoms with Gasteiger partial charge in [-0.3, -0.25) is 0 Å². The number of nitrogen functional groups attached to an aromatic ring is 1. The van der Waals surface area contributed by atoms with E-state index in [1.165, 1.54) is 27.9 Å². The molecule has 0 spiro atoms. The van der Waals surface area contributed by atoms with Crippen LogP contribution in [-0.2, 0) is 0 Å². The lowest BCUT2D eigenvalue weighted by atomic mass is 9.95. The number of anilines is 2. The molecule has 0 unspecified atom stereocenters. The summed E-state index contributed by atoms with van der Waals surface area (Å²) in [4.78, 5) is 2.17. The molecule has 106 valence electrons. The van der Waals surface area contributed by atoms with Gasteiger partial charge in [-0.1, -0.05) is 0 Å². The molecule has 0 aliphatic rings. The summed E-state index contributed by atoms with van der Waals surface area (Å²) in [5.41, 5.74) is 15.6. The monoisotopic (exact) mass is 268 g/mol. The van der Waals surface area contributed by atoms with Crippen LogP contribution in [-0.4, -0.2) is 14.1 Å². The van der Waals surface area contributed by atoms with Crippen LogP contribution in [0, 0.1) is 27.7 Å². The molecule has 0 bridgehead atoms. The Bertz CT molecular complexity index is 608. The Labute approximate surface area is 122 Å². The van der Waals surface area contributed by atoms with Crippen LogP contribution in [0.4, 0.5) is 11.4 Å². The van der Waals surface area contributed by atoms with Crippen molar-refractivity contribution in [2.75, 3.05) is 24.7 Å². The third-order valence-electron chi connectivity index (χ3n) is 3.87. The van der Waals surface area contributed by atoms with Crippen molar-refractivity contribution < 1.29 is 0 Å². The third kappa shape index (κ3) is 2.51. The van der Waals surface area contributed by atoms with E-state index in [1.54, 1.807) is 0 Å². The molecule has 2 rings (SSSR count). The molecule has 2 aromatic carbocycles. The Morgan fingerprint density at radius 3 is 1.40 bits per heavy atom. The first-order valence-corrected chi connectivity index (χ1v) is 6.97. The number of rotatable bonds is 2. The average molecular weight is 268 g/mol. The van der Waals surface area contributed by atoms with Gasteiger partial charge in [-0.05, 0) is 85.3 Å². The van der Waals surface area contributed by atoms with Gasteiger partial charge in [-0.2, -0.15) is 0 Å². The lowest BCUT2D eigenvalue weighted by Crippen LogP contribution is -2.12. The predicted molar refractivity (Wildman–Crippen MR) is 89.6 cm³/mol. The van der Waals surface area contributed by atoms with Crippen molar-refractivity contribution in [1.82, 2.24) is 0 Å². The second kappa shape index (κ2) is 5.20. The molecule has 0 radical (unpaired) electrons. The number of hydrogen-bond donors (Lipinski definition) is 1. The molecule has 2 N–H and O–H groups in total. The van der Waals surface area contributed by atoms with Crippen LogP contribution in [0.3, 0.4) is 0 Å². The summed E-state index contributed by atoms with van der Waals surface area (Å²) < 4.78 is 0. The largest absolute Gasteiger partial charge is 0.398 e. The van der Waals surface area contributed by atoms with Crippen molar-refractivity contribution in [3.8, 4) is 11.1 Å². The molecule has 0 aliphatic carbocycles. The molecule has 0 aromatic heterocycles. The minimum absolute atomic E-state index is 0.895. The van der Waals surface area contributed by atoms with Crippen LogP contribution >= 0.6 is 0 Å². The van der Waals surface area contributed by atoms with Gasteiger partial charge in [0.1, 0.15) is 0 Å². The van der Waals surface area contributed by atoms with Crippen molar-refractivity contribution in [1.29, 1.82) is 0 Å². The second-order valence-corrected chi connectivity index (χ2v) is 5.88. The van der Waals surface area contributed by atoms with Crippen LogP contribution in [0.5, 0.6) is 0 Å². The van der Waals surface area contributed by atoms with E-state index in [1.807, 2.05) is 0 Å². The summed E-state index contributed by atoms with van der Waals surface area (Å²) in [5.74, 6) is 0. The van der Waals surface area contributed by atoms with Crippen LogP contribution < -0.4 is 10.6 Å². The SMILES string of the molecule is Cc1cc(-c2cc(C)c(N(C)C)c(C)c2)cc(C)c1N. The molecule has 2 heteroatoms. The summed E-state index contributed by atoms with van der Waals surface area (Å²) >= 11 is 0. The van der Waals surface area contributed by atoms with E-state index >= 15 is 0 Å². The molecule has 0 heterocycles. The van der Waals surface area contributed by atoms with Crippen molar-refractivity contribution in [2.24, 2.45) is 0 Å². The quantitative estimate of drug-likeness (QED) is 0.826. The van der Waals surface area contributed by atoms with E-state index in [0.29, 0.717) is 0 Å². The molecule has 2 nitrogen and oxygen atoms in total. The minimum atomic E-state index is 0.895. The van der Waals surface area contributed by atoms with Gasteiger partial charge in [0.15, 0.2) is 0 Å². The van der Waals surface area contributed by atoms with E-state index in [-0.39, 0.29) is 0 Å². The van der Waals surface area contributed by atoms with Gasteiger partial charge in [0.05, 0.1) is 0 Å². The zero-order valence-electron chi connectivity index (χ0n) is 13.3. The highest BCUT2D eigenvalue weighted by atomic mass is 15.1. The normalized spacial score (nSPS) is 10.7. The number of aryl methyl sites for hydroxylation is 4. The van der Waals surface area contributed by atoms with Gasteiger partial charge < -0.3 is 10.6 Å². The van der Waals surface area contributed by atoms with Gasteiger partial charge in [0, 0.05) is 25.5 Å². The van der Waals surface area contributed by atoms with Crippen molar-refractivity contribution in [3.05, 3.63) is 46.5 Å². The molecule has 2 aromatic rings. The summed E-state index contributed by atoms with van der Waals surface area (Å²) in [6, 6.07) is 8.86. The van der Waals surface area contributed by atoms with Crippen LogP contribution in [0.15, 0.2) is 24.3 Å². The summed E-state index contributed by atoms with van der Waals surface area (Å²) in [6.07, 6.45) is 0. The molecule has 0 fully saturated rings. The Morgan fingerprint density at radius 2 is 1.05 bits per heavy atom. The average Bonchev–Trinajstić information content (AvgIpc) is 2.33. The molecular weight excluding hydrogens is 244 g/mol. The third-order valence-corrected chi connectivity index (χ3v) is 3.87. The minimum Gasteiger partial charge on any atom is -0.398 e. The first-order chi connectivity index (χ1) is 9.31. The van der Waals surface area contributed by atoms with Gasteiger partial charge in [0.2, 0.25) is 0 Å². The maximum Gasteiger partial charge on any atom is 0.0420 e. The van der Waals surface area contributed by atoms with Crippen molar-refractivity contribution in [3.63, 3.8) is 0 Å². The number of nitrogens with zero attached hydrogens (tertiary/aromatic N) is 1. The van der Waals surface area contributed by atoms with E-state index < -0.39 is 0 Å². The Kier molecular flexibility index (Phi) is 3.76. The lowest BCUT2D eigenvalue weighted by molar-refractivity contribution is 1.10. The van der Waals surface area contributed by atoms with Crippen LogP contribution in [0.2, 0.25) is 0 Å². The van der Waals surface area contributed by atoms with Crippen molar-refractivity contribution >= 4 is 11.4 Å². The summed E-state index contributed by atoms with van der Waals surface area (Å²) in [7, 11) is 4.18. The van der Waals surface area contributed by atoms with E-state index in [0.717, 1.165) is 16.8 Å². The number of benzene rings is 2. The van der Waals surface area contributed by atoms with Gasteiger partial charge in [0.25, 0.3) is 0 Å². The van der Waals surface area contributed by atoms with Gasteiger partial charge in [-0.25, -0.2) is 0 Å². The van der Waals surface area contributed by atoms with Crippen LogP contribution in [0.25, 0.3) is 11.1 Å². The Hall–Kier alpha value is -1.96. The lowest BCUT2D eigenvalue weighted by Gasteiger charge is -2.20. The molecule has 0 aliphatic heterocycles. The van der Waals surface area contributed by atoms with Gasteiger partial charge in [-0.15, -0.1) is 0 Å². The molecule has 0 atom stereocenters. The van der Waals surface area contributed by atoms with E-state index in [2.05, 4.69) is 71.0 Å². The maximum atomic E-state index is 6.05. The molecule has 20 heavy (non-hydrogen) atoms. The van der Waals surface area contributed by atoms with E-state index in [4.69, 9.17) is 5.73 Å². The summed E-state index contributed by atoms with van der Waals surface area (Å²) in [6.45, 7) is 8.48. The number of hydrogen-bond acceptors (Lipinski definition) is 2. The zero-order chi connectivity index (χ0) is 15.0. The Balaban J connectivity index is 2.60. The second-order valence-electron chi connectivity index (χ2n) is 5.88. The molecule has 0 saturated carbocycles. The first kappa shape index (κ1) is 14.4. The van der Waals surface area contributed by atoms with Crippen molar-refractivity contribution in [2.45, 2.75) is 27.7 Å². The first-order valence-electron chi connectivity index (χ1n) is 6.97.